The molecule has 1 saturated carbocycles. The van der Waals surface area contributed by atoms with Gasteiger partial charge in [-0.1, -0.05) is 60.7 Å². The van der Waals surface area contributed by atoms with E-state index in [1.54, 1.807) is 0 Å². The van der Waals surface area contributed by atoms with Crippen LogP contribution in [-0.2, 0) is 0 Å². The van der Waals surface area contributed by atoms with Crippen LogP contribution in [0, 0.1) is 5.41 Å². The Bertz CT molecular complexity index is 556. The molecule has 2 aromatic carbocycles. The van der Waals surface area contributed by atoms with E-state index in [9.17, 15) is 15.3 Å². The molecule has 1 fully saturated rings. The van der Waals surface area contributed by atoms with Crippen LogP contribution in [0.4, 0.5) is 0 Å². The molecular weight excluding hydrogens is 288 g/mol. The Morgan fingerprint density at radius 3 is 1.48 bits per heavy atom. The van der Waals surface area contributed by atoms with E-state index in [2.05, 4.69) is 0 Å². The molecule has 0 unspecified atom stereocenters. The normalized spacial score (nSPS) is 26.8. The summed E-state index contributed by atoms with van der Waals surface area (Å²) in [6, 6.07) is 19.8. The van der Waals surface area contributed by atoms with Crippen LogP contribution in [0.2, 0.25) is 0 Å². The van der Waals surface area contributed by atoms with Gasteiger partial charge in [0, 0.05) is 5.41 Å². The number of hydrogen-bond acceptors (Lipinski definition) is 3. The van der Waals surface area contributed by atoms with E-state index < -0.39 is 11.5 Å². The first-order valence-corrected chi connectivity index (χ1v) is 8.21. The minimum atomic E-state index is -0.665. The van der Waals surface area contributed by atoms with Crippen LogP contribution < -0.4 is 0 Å². The topological polar surface area (TPSA) is 60.7 Å². The third-order valence-electron chi connectivity index (χ3n) is 5.40. The maximum atomic E-state index is 10.4. The molecule has 0 aromatic heterocycles. The standard InChI is InChI=1S/C20H24O3/c21-13-20(14-22)18(15-7-3-1-4-8-15)11-17(23)12-19(20)16-9-5-2-6-10-16/h1-10,17-19,21-23H,11-14H2/t18-,19-/m0/s1. The van der Waals surface area contributed by atoms with E-state index in [0.29, 0.717) is 12.8 Å². The fourth-order valence-electron chi connectivity index (χ4n) is 4.15. The molecule has 0 saturated heterocycles. The van der Waals surface area contributed by atoms with Crippen LogP contribution in [0.15, 0.2) is 60.7 Å². The zero-order valence-corrected chi connectivity index (χ0v) is 13.2. The highest BCUT2D eigenvalue weighted by Gasteiger charge is 2.50. The van der Waals surface area contributed by atoms with Crippen molar-refractivity contribution < 1.29 is 15.3 Å². The Morgan fingerprint density at radius 1 is 0.739 bits per heavy atom. The lowest BCUT2D eigenvalue weighted by atomic mass is 9.56. The number of benzene rings is 2. The van der Waals surface area contributed by atoms with Gasteiger partial charge in [0.2, 0.25) is 0 Å². The fourth-order valence-corrected chi connectivity index (χ4v) is 4.15. The van der Waals surface area contributed by atoms with Gasteiger partial charge in [-0.3, -0.25) is 0 Å². The number of aliphatic hydroxyl groups excluding tert-OH is 3. The Hall–Kier alpha value is -1.68. The lowest BCUT2D eigenvalue weighted by molar-refractivity contribution is -0.0492. The molecule has 0 spiro atoms. The zero-order valence-electron chi connectivity index (χ0n) is 13.2. The second-order valence-electron chi connectivity index (χ2n) is 6.60. The van der Waals surface area contributed by atoms with Gasteiger partial charge in [0.1, 0.15) is 0 Å². The van der Waals surface area contributed by atoms with E-state index in [-0.39, 0.29) is 25.0 Å². The molecule has 2 aromatic rings. The first-order valence-electron chi connectivity index (χ1n) is 8.21. The summed E-state index contributed by atoms with van der Waals surface area (Å²) in [5.41, 5.74) is 1.47. The van der Waals surface area contributed by atoms with Gasteiger partial charge in [0.15, 0.2) is 0 Å². The number of aliphatic hydroxyl groups is 3. The molecule has 3 heteroatoms. The van der Waals surface area contributed by atoms with E-state index in [1.807, 2.05) is 60.7 Å². The molecular formula is C20H24O3. The molecule has 3 N–H and O–H groups in total. The quantitative estimate of drug-likeness (QED) is 0.813. The van der Waals surface area contributed by atoms with Gasteiger partial charge in [0.05, 0.1) is 19.3 Å². The monoisotopic (exact) mass is 312 g/mol. The van der Waals surface area contributed by atoms with Crippen molar-refractivity contribution in [1.82, 2.24) is 0 Å². The first kappa shape index (κ1) is 16.2. The van der Waals surface area contributed by atoms with Crippen molar-refractivity contribution in [2.24, 2.45) is 5.41 Å². The summed E-state index contributed by atoms with van der Waals surface area (Å²) in [5.74, 6) is -0.152. The van der Waals surface area contributed by atoms with E-state index in [1.165, 1.54) is 0 Å². The minimum absolute atomic E-state index is 0.0762. The number of rotatable bonds is 4. The third-order valence-corrected chi connectivity index (χ3v) is 5.40. The van der Waals surface area contributed by atoms with Crippen LogP contribution in [0.25, 0.3) is 0 Å². The Labute approximate surface area is 137 Å². The maximum absolute atomic E-state index is 10.4. The summed E-state index contributed by atoms with van der Waals surface area (Å²) in [6.07, 6.45) is 0.694. The van der Waals surface area contributed by atoms with Gasteiger partial charge in [-0.15, -0.1) is 0 Å². The average molecular weight is 312 g/mol. The van der Waals surface area contributed by atoms with E-state index in [0.717, 1.165) is 11.1 Å². The van der Waals surface area contributed by atoms with Gasteiger partial charge in [-0.2, -0.15) is 0 Å². The molecule has 23 heavy (non-hydrogen) atoms. The second kappa shape index (κ2) is 6.83. The molecule has 122 valence electrons. The van der Waals surface area contributed by atoms with E-state index in [4.69, 9.17) is 0 Å². The maximum Gasteiger partial charge on any atom is 0.0552 e. The van der Waals surface area contributed by atoms with Crippen LogP contribution in [-0.4, -0.2) is 34.6 Å². The molecule has 0 amide bonds. The molecule has 1 aliphatic rings. The van der Waals surface area contributed by atoms with E-state index >= 15 is 0 Å². The van der Waals surface area contributed by atoms with Crippen molar-refractivity contribution in [3.8, 4) is 0 Å². The number of hydrogen-bond donors (Lipinski definition) is 3. The molecule has 0 aliphatic heterocycles. The van der Waals surface area contributed by atoms with Gasteiger partial charge in [-0.25, -0.2) is 0 Å². The lowest BCUT2D eigenvalue weighted by Gasteiger charge is -2.49. The minimum Gasteiger partial charge on any atom is -0.396 e. The summed E-state index contributed by atoms with van der Waals surface area (Å²) in [7, 11) is 0. The van der Waals surface area contributed by atoms with Crippen molar-refractivity contribution in [2.45, 2.75) is 30.8 Å². The Balaban J connectivity index is 2.08. The van der Waals surface area contributed by atoms with Crippen LogP contribution in [0.5, 0.6) is 0 Å². The molecule has 3 nitrogen and oxygen atoms in total. The first-order chi connectivity index (χ1) is 11.2. The summed E-state index contributed by atoms with van der Waals surface area (Å²) in [5, 5.41) is 30.9. The van der Waals surface area contributed by atoms with Gasteiger partial charge in [0.25, 0.3) is 0 Å². The smallest absolute Gasteiger partial charge is 0.0552 e. The van der Waals surface area contributed by atoms with Gasteiger partial charge < -0.3 is 15.3 Å². The van der Waals surface area contributed by atoms with Crippen LogP contribution >= 0.6 is 0 Å². The molecule has 0 bridgehead atoms. The largest absolute Gasteiger partial charge is 0.396 e. The van der Waals surface area contributed by atoms with Crippen molar-refractivity contribution in [3.63, 3.8) is 0 Å². The lowest BCUT2D eigenvalue weighted by Crippen LogP contribution is -2.48. The highest BCUT2D eigenvalue weighted by molar-refractivity contribution is 5.31. The highest BCUT2D eigenvalue weighted by Crippen LogP contribution is 2.54. The van der Waals surface area contributed by atoms with Gasteiger partial charge in [-0.05, 0) is 35.8 Å². The summed E-state index contributed by atoms with van der Waals surface area (Å²) in [6.45, 7) is -0.204. The van der Waals surface area contributed by atoms with Crippen molar-refractivity contribution in [2.75, 3.05) is 13.2 Å². The third kappa shape index (κ3) is 2.92. The zero-order chi connectivity index (χ0) is 16.3. The molecule has 3 rings (SSSR count). The summed E-state index contributed by atoms with van der Waals surface area (Å²) < 4.78 is 0. The Kier molecular flexibility index (Phi) is 4.81. The molecule has 1 aliphatic carbocycles. The summed E-state index contributed by atoms with van der Waals surface area (Å²) in [4.78, 5) is 0. The van der Waals surface area contributed by atoms with Crippen LogP contribution in [0.1, 0.15) is 35.8 Å². The predicted molar refractivity (Wildman–Crippen MR) is 90.2 cm³/mol. The molecule has 0 radical (unpaired) electrons. The predicted octanol–water partition coefficient (Wildman–Crippen LogP) is 2.68. The fraction of sp³-hybridized carbons (Fsp3) is 0.400. The van der Waals surface area contributed by atoms with Crippen molar-refractivity contribution in [3.05, 3.63) is 71.8 Å². The second-order valence-corrected chi connectivity index (χ2v) is 6.60. The summed E-state index contributed by atoms with van der Waals surface area (Å²) >= 11 is 0. The Morgan fingerprint density at radius 2 is 1.13 bits per heavy atom. The average Bonchev–Trinajstić information content (AvgIpc) is 2.63. The van der Waals surface area contributed by atoms with Crippen LogP contribution in [0.3, 0.4) is 0 Å². The van der Waals surface area contributed by atoms with Crippen molar-refractivity contribution in [1.29, 1.82) is 0 Å². The van der Waals surface area contributed by atoms with Gasteiger partial charge >= 0.3 is 0 Å². The SMILES string of the molecule is OCC1(CO)[C@H](c2ccccc2)CC(O)C[C@H]1c1ccccc1. The van der Waals surface area contributed by atoms with Crippen molar-refractivity contribution >= 4 is 0 Å². The molecule has 2 atom stereocenters. The molecule has 0 heterocycles. The highest BCUT2D eigenvalue weighted by atomic mass is 16.3.